The summed E-state index contributed by atoms with van der Waals surface area (Å²) in [6, 6.07) is 2.22. The van der Waals surface area contributed by atoms with Crippen molar-refractivity contribution in [3.63, 3.8) is 0 Å². The van der Waals surface area contributed by atoms with E-state index in [-0.39, 0.29) is 18.5 Å². The maximum absolute atomic E-state index is 13.7. The Labute approximate surface area is 114 Å². The second-order valence-corrected chi connectivity index (χ2v) is 4.22. The Balaban J connectivity index is 2.77. The number of benzene rings is 1. The van der Waals surface area contributed by atoms with E-state index in [9.17, 15) is 18.4 Å². The molecule has 1 amide bonds. The largest absolute Gasteiger partial charge is 0.481 e. The third kappa shape index (κ3) is 3.99. The van der Waals surface area contributed by atoms with E-state index in [0.717, 1.165) is 6.07 Å². The second-order valence-electron chi connectivity index (χ2n) is 4.22. The van der Waals surface area contributed by atoms with E-state index in [1.807, 2.05) is 0 Å². The van der Waals surface area contributed by atoms with Crippen LogP contribution in [-0.2, 0) is 9.53 Å². The van der Waals surface area contributed by atoms with E-state index in [1.54, 1.807) is 0 Å². The fourth-order valence-electron chi connectivity index (χ4n) is 1.59. The molecule has 1 aromatic carbocycles. The van der Waals surface area contributed by atoms with Gasteiger partial charge in [-0.1, -0.05) is 6.07 Å². The highest BCUT2D eigenvalue weighted by Gasteiger charge is 2.20. The van der Waals surface area contributed by atoms with Crippen molar-refractivity contribution in [1.29, 1.82) is 0 Å². The van der Waals surface area contributed by atoms with Crippen LogP contribution in [0, 0.1) is 18.6 Å². The number of rotatable bonds is 6. The van der Waals surface area contributed by atoms with Crippen LogP contribution in [0.15, 0.2) is 12.1 Å². The third-order valence-electron chi connectivity index (χ3n) is 2.74. The molecule has 1 aromatic rings. The van der Waals surface area contributed by atoms with Gasteiger partial charge in [-0.05, 0) is 18.6 Å². The maximum atomic E-state index is 13.7. The first-order valence-corrected chi connectivity index (χ1v) is 5.84. The topological polar surface area (TPSA) is 75.6 Å². The van der Waals surface area contributed by atoms with Crippen molar-refractivity contribution in [3.8, 4) is 0 Å². The second kappa shape index (κ2) is 6.95. The highest BCUT2D eigenvalue weighted by atomic mass is 19.1. The molecule has 0 saturated heterocycles. The Morgan fingerprint density at radius 2 is 2.05 bits per heavy atom. The molecule has 1 unspecified atom stereocenters. The molecule has 110 valence electrons. The number of halogens is 2. The lowest BCUT2D eigenvalue weighted by Crippen LogP contribution is -2.35. The van der Waals surface area contributed by atoms with Gasteiger partial charge in [0.1, 0.15) is 17.2 Å². The summed E-state index contributed by atoms with van der Waals surface area (Å²) in [7, 11) is 1.29. The van der Waals surface area contributed by atoms with E-state index < -0.39 is 35.2 Å². The lowest BCUT2D eigenvalue weighted by molar-refractivity contribution is -0.139. The first-order chi connectivity index (χ1) is 9.36. The standard InChI is InChI=1S/C13H15F2NO4/c1-7-3-4-9(14)11(12(7)15)13(19)16-6-8(20-2)5-10(17)18/h3-4,8H,5-6H2,1-2H3,(H,16,19)(H,17,18). The predicted molar refractivity (Wildman–Crippen MR) is 66.5 cm³/mol. The first-order valence-electron chi connectivity index (χ1n) is 5.84. The summed E-state index contributed by atoms with van der Waals surface area (Å²) in [6.07, 6.45) is -1.09. The molecule has 7 heteroatoms. The van der Waals surface area contributed by atoms with Gasteiger partial charge in [0.25, 0.3) is 5.91 Å². The van der Waals surface area contributed by atoms with Crippen LogP contribution in [0.2, 0.25) is 0 Å². The first kappa shape index (κ1) is 16.0. The molecule has 0 bridgehead atoms. The molecule has 0 heterocycles. The van der Waals surface area contributed by atoms with Gasteiger partial charge in [0.15, 0.2) is 0 Å². The SMILES string of the molecule is COC(CNC(=O)c1c(F)ccc(C)c1F)CC(=O)O. The van der Waals surface area contributed by atoms with Gasteiger partial charge in [0.2, 0.25) is 0 Å². The molecule has 0 aliphatic carbocycles. The molecule has 0 spiro atoms. The van der Waals surface area contributed by atoms with Gasteiger partial charge in [-0.2, -0.15) is 0 Å². The molecule has 1 atom stereocenters. The van der Waals surface area contributed by atoms with Crippen LogP contribution in [-0.4, -0.2) is 36.7 Å². The number of ether oxygens (including phenoxy) is 1. The highest BCUT2D eigenvalue weighted by molar-refractivity contribution is 5.95. The summed E-state index contributed by atoms with van der Waals surface area (Å²) in [5, 5.41) is 10.9. The summed E-state index contributed by atoms with van der Waals surface area (Å²) in [5.74, 6) is -3.96. The number of aryl methyl sites for hydroxylation is 1. The molecule has 20 heavy (non-hydrogen) atoms. The molecule has 2 N–H and O–H groups in total. The van der Waals surface area contributed by atoms with Gasteiger partial charge in [-0.3, -0.25) is 9.59 Å². The summed E-state index contributed by atoms with van der Waals surface area (Å²) < 4.78 is 32.0. The Kier molecular flexibility index (Phi) is 5.57. The van der Waals surface area contributed by atoms with E-state index in [2.05, 4.69) is 5.32 Å². The lowest BCUT2D eigenvalue weighted by Gasteiger charge is -2.14. The van der Waals surface area contributed by atoms with Gasteiger partial charge in [0, 0.05) is 13.7 Å². The van der Waals surface area contributed by atoms with Crippen LogP contribution < -0.4 is 5.32 Å². The van der Waals surface area contributed by atoms with Crippen LogP contribution in [0.5, 0.6) is 0 Å². The maximum Gasteiger partial charge on any atom is 0.306 e. The monoisotopic (exact) mass is 287 g/mol. The average Bonchev–Trinajstić information content (AvgIpc) is 2.39. The van der Waals surface area contributed by atoms with Crippen molar-refractivity contribution >= 4 is 11.9 Å². The zero-order chi connectivity index (χ0) is 15.3. The minimum Gasteiger partial charge on any atom is -0.481 e. The Morgan fingerprint density at radius 1 is 1.40 bits per heavy atom. The Bertz CT molecular complexity index is 519. The zero-order valence-electron chi connectivity index (χ0n) is 11.1. The van der Waals surface area contributed by atoms with Gasteiger partial charge < -0.3 is 15.2 Å². The molecule has 1 rings (SSSR count). The Morgan fingerprint density at radius 3 is 2.60 bits per heavy atom. The fraction of sp³-hybridized carbons (Fsp3) is 0.385. The van der Waals surface area contributed by atoms with Crippen LogP contribution in [0.25, 0.3) is 0 Å². The number of aliphatic carboxylic acids is 1. The number of carboxylic acid groups (broad SMARTS) is 1. The molecule has 0 aliphatic heterocycles. The third-order valence-corrected chi connectivity index (χ3v) is 2.74. The van der Waals surface area contributed by atoms with Crippen molar-refractivity contribution in [2.75, 3.05) is 13.7 Å². The minimum atomic E-state index is -1.10. The molecular weight excluding hydrogens is 272 g/mol. The van der Waals surface area contributed by atoms with Crippen LogP contribution in [0.4, 0.5) is 8.78 Å². The van der Waals surface area contributed by atoms with E-state index in [0.29, 0.717) is 0 Å². The molecule has 0 saturated carbocycles. The average molecular weight is 287 g/mol. The predicted octanol–water partition coefficient (Wildman–Crippen LogP) is 1.49. The summed E-state index contributed by atoms with van der Waals surface area (Å²) in [6.45, 7) is 1.25. The molecular formula is C13H15F2NO4. The van der Waals surface area contributed by atoms with Crippen molar-refractivity contribution in [1.82, 2.24) is 5.32 Å². The number of methoxy groups -OCH3 is 1. The van der Waals surface area contributed by atoms with Crippen LogP contribution >= 0.6 is 0 Å². The van der Waals surface area contributed by atoms with Crippen molar-refractivity contribution in [3.05, 3.63) is 34.9 Å². The van der Waals surface area contributed by atoms with E-state index >= 15 is 0 Å². The molecule has 0 aromatic heterocycles. The van der Waals surface area contributed by atoms with Gasteiger partial charge in [-0.25, -0.2) is 8.78 Å². The summed E-state index contributed by atoms with van der Waals surface area (Å²) in [5.41, 5.74) is -0.541. The zero-order valence-corrected chi connectivity index (χ0v) is 11.1. The Hall–Kier alpha value is -2.02. The molecule has 0 aliphatic rings. The number of amides is 1. The number of carbonyl (C=O) groups excluding carboxylic acids is 1. The minimum absolute atomic E-state index is 0.144. The highest BCUT2D eigenvalue weighted by Crippen LogP contribution is 2.16. The van der Waals surface area contributed by atoms with Crippen LogP contribution in [0.1, 0.15) is 22.3 Å². The van der Waals surface area contributed by atoms with Crippen molar-refractivity contribution in [2.24, 2.45) is 0 Å². The van der Waals surface area contributed by atoms with E-state index in [1.165, 1.54) is 20.1 Å². The smallest absolute Gasteiger partial charge is 0.306 e. The van der Waals surface area contributed by atoms with E-state index in [4.69, 9.17) is 9.84 Å². The number of carboxylic acids is 1. The normalized spacial score (nSPS) is 12.0. The molecule has 0 radical (unpaired) electrons. The lowest BCUT2D eigenvalue weighted by atomic mass is 10.1. The van der Waals surface area contributed by atoms with Crippen molar-refractivity contribution < 1.29 is 28.2 Å². The quantitative estimate of drug-likeness (QED) is 0.831. The van der Waals surface area contributed by atoms with Gasteiger partial charge >= 0.3 is 5.97 Å². The summed E-state index contributed by atoms with van der Waals surface area (Å²) in [4.78, 5) is 22.3. The number of nitrogens with one attached hydrogen (secondary N) is 1. The molecule has 5 nitrogen and oxygen atoms in total. The number of hydrogen-bond donors (Lipinski definition) is 2. The fourth-order valence-corrected chi connectivity index (χ4v) is 1.59. The number of hydrogen-bond acceptors (Lipinski definition) is 3. The van der Waals surface area contributed by atoms with Crippen molar-refractivity contribution in [2.45, 2.75) is 19.4 Å². The van der Waals surface area contributed by atoms with Crippen LogP contribution in [0.3, 0.4) is 0 Å². The van der Waals surface area contributed by atoms with Gasteiger partial charge in [0.05, 0.1) is 12.5 Å². The van der Waals surface area contributed by atoms with Gasteiger partial charge in [-0.15, -0.1) is 0 Å². The molecule has 0 fully saturated rings. The number of carbonyl (C=O) groups is 2. The summed E-state index contributed by atoms with van der Waals surface area (Å²) >= 11 is 0.